The van der Waals surface area contributed by atoms with E-state index >= 15 is 0 Å². The highest BCUT2D eigenvalue weighted by atomic mass is 79.9. The molecule has 1 N–H and O–H groups in total. The van der Waals surface area contributed by atoms with Crippen LogP contribution in [0.5, 0.6) is 11.5 Å². The number of hydrogen-bond donors (Lipinski definition) is 1. The molecule has 112 valence electrons. The van der Waals surface area contributed by atoms with Crippen LogP contribution in [0, 0.1) is 5.82 Å². The summed E-state index contributed by atoms with van der Waals surface area (Å²) in [4.78, 5) is 0. The van der Waals surface area contributed by atoms with Gasteiger partial charge in [0, 0.05) is 6.04 Å². The minimum atomic E-state index is -0.271. The summed E-state index contributed by atoms with van der Waals surface area (Å²) in [5.74, 6) is 1.06. The lowest BCUT2D eigenvalue weighted by molar-refractivity contribution is 0.476. The lowest BCUT2D eigenvalue weighted by atomic mass is 10.1. The van der Waals surface area contributed by atoms with E-state index in [9.17, 15) is 4.39 Å². The molecule has 21 heavy (non-hydrogen) atoms. The van der Waals surface area contributed by atoms with Crippen molar-refractivity contribution < 1.29 is 9.13 Å². The second-order valence-electron chi connectivity index (χ2n) is 4.92. The van der Waals surface area contributed by atoms with Crippen LogP contribution < -0.4 is 10.1 Å². The fourth-order valence-electron chi connectivity index (χ4n) is 1.98. The van der Waals surface area contributed by atoms with Crippen molar-refractivity contribution in [3.63, 3.8) is 0 Å². The third kappa shape index (κ3) is 4.55. The summed E-state index contributed by atoms with van der Waals surface area (Å²) >= 11 is 3.53. The van der Waals surface area contributed by atoms with Gasteiger partial charge in [0.25, 0.3) is 0 Å². The Morgan fingerprint density at radius 3 is 2.52 bits per heavy atom. The van der Waals surface area contributed by atoms with Gasteiger partial charge in [0.05, 0.1) is 4.47 Å². The van der Waals surface area contributed by atoms with Crippen LogP contribution in [0.4, 0.5) is 4.39 Å². The lowest BCUT2D eigenvalue weighted by Crippen LogP contribution is -2.19. The molecule has 2 nitrogen and oxygen atoms in total. The van der Waals surface area contributed by atoms with Crippen LogP contribution in [0.1, 0.15) is 31.9 Å². The molecule has 2 aromatic carbocycles. The maximum absolute atomic E-state index is 12.9. The molecule has 0 heterocycles. The Labute approximate surface area is 133 Å². The SMILES string of the molecule is CCCNC(C)c1ccc(Oc2ccc(F)cc2)c(Br)c1. The molecule has 0 saturated carbocycles. The highest BCUT2D eigenvalue weighted by molar-refractivity contribution is 9.10. The molecule has 0 spiro atoms. The number of rotatable bonds is 6. The zero-order valence-corrected chi connectivity index (χ0v) is 13.8. The normalized spacial score (nSPS) is 12.2. The van der Waals surface area contributed by atoms with Crippen molar-refractivity contribution in [3.05, 3.63) is 58.3 Å². The van der Waals surface area contributed by atoms with Crippen molar-refractivity contribution in [2.75, 3.05) is 6.54 Å². The van der Waals surface area contributed by atoms with Crippen molar-refractivity contribution >= 4 is 15.9 Å². The van der Waals surface area contributed by atoms with E-state index in [1.165, 1.54) is 17.7 Å². The molecule has 2 rings (SSSR count). The van der Waals surface area contributed by atoms with E-state index in [1.807, 2.05) is 18.2 Å². The molecule has 4 heteroatoms. The summed E-state index contributed by atoms with van der Waals surface area (Å²) in [7, 11) is 0. The Bertz CT molecular complexity index is 586. The van der Waals surface area contributed by atoms with Crippen molar-refractivity contribution in [2.45, 2.75) is 26.3 Å². The zero-order chi connectivity index (χ0) is 15.2. The van der Waals surface area contributed by atoms with Crippen LogP contribution in [0.25, 0.3) is 0 Å². The summed E-state index contributed by atoms with van der Waals surface area (Å²) in [5.41, 5.74) is 1.20. The van der Waals surface area contributed by atoms with Gasteiger partial charge in [-0.05, 0) is 77.8 Å². The number of halogens is 2. The molecule has 0 saturated heterocycles. The van der Waals surface area contributed by atoms with Crippen LogP contribution in [0.15, 0.2) is 46.9 Å². The fourth-order valence-corrected chi connectivity index (χ4v) is 2.45. The van der Waals surface area contributed by atoms with Gasteiger partial charge in [0.15, 0.2) is 0 Å². The number of benzene rings is 2. The number of ether oxygens (including phenoxy) is 1. The maximum Gasteiger partial charge on any atom is 0.141 e. The molecule has 0 amide bonds. The average molecular weight is 352 g/mol. The predicted molar refractivity (Wildman–Crippen MR) is 87.3 cm³/mol. The molecular weight excluding hydrogens is 333 g/mol. The second kappa shape index (κ2) is 7.57. The first-order valence-electron chi connectivity index (χ1n) is 7.06. The van der Waals surface area contributed by atoms with E-state index < -0.39 is 0 Å². The van der Waals surface area contributed by atoms with E-state index in [1.54, 1.807) is 12.1 Å². The molecule has 1 atom stereocenters. The summed E-state index contributed by atoms with van der Waals surface area (Å²) in [5, 5.41) is 3.45. The topological polar surface area (TPSA) is 21.3 Å². The first kappa shape index (κ1) is 16.0. The molecule has 0 aliphatic heterocycles. The Kier molecular flexibility index (Phi) is 5.76. The first-order chi connectivity index (χ1) is 10.1. The third-order valence-electron chi connectivity index (χ3n) is 3.20. The van der Waals surface area contributed by atoms with E-state index in [4.69, 9.17) is 4.74 Å². The summed E-state index contributed by atoms with van der Waals surface area (Å²) in [6.07, 6.45) is 1.11. The molecule has 2 aromatic rings. The van der Waals surface area contributed by atoms with E-state index in [0.29, 0.717) is 17.5 Å². The van der Waals surface area contributed by atoms with Crippen LogP contribution >= 0.6 is 15.9 Å². The zero-order valence-electron chi connectivity index (χ0n) is 12.2. The Morgan fingerprint density at radius 2 is 1.90 bits per heavy atom. The van der Waals surface area contributed by atoms with Crippen LogP contribution in [0.3, 0.4) is 0 Å². The molecular formula is C17H19BrFNO. The Hall–Kier alpha value is -1.39. The van der Waals surface area contributed by atoms with Gasteiger partial charge >= 0.3 is 0 Å². The largest absolute Gasteiger partial charge is 0.456 e. The molecule has 0 fully saturated rings. The van der Waals surface area contributed by atoms with Gasteiger partial charge in [-0.1, -0.05) is 13.0 Å². The minimum Gasteiger partial charge on any atom is -0.456 e. The smallest absolute Gasteiger partial charge is 0.141 e. The monoisotopic (exact) mass is 351 g/mol. The highest BCUT2D eigenvalue weighted by Crippen LogP contribution is 2.32. The highest BCUT2D eigenvalue weighted by Gasteiger charge is 2.09. The van der Waals surface area contributed by atoms with Crippen molar-refractivity contribution in [3.8, 4) is 11.5 Å². The van der Waals surface area contributed by atoms with Crippen molar-refractivity contribution in [1.29, 1.82) is 0 Å². The molecule has 0 aliphatic carbocycles. The van der Waals surface area contributed by atoms with E-state index in [2.05, 4.69) is 35.1 Å². The Balaban J connectivity index is 2.10. The average Bonchev–Trinajstić information content (AvgIpc) is 2.49. The maximum atomic E-state index is 12.9. The third-order valence-corrected chi connectivity index (χ3v) is 3.82. The minimum absolute atomic E-state index is 0.271. The second-order valence-corrected chi connectivity index (χ2v) is 5.78. The van der Waals surface area contributed by atoms with Crippen LogP contribution in [-0.2, 0) is 0 Å². The Morgan fingerprint density at radius 1 is 1.19 bits per heavy atom. The molecule has 0 aromatic heterocycles. The summed E-state index contributed by atoms with van der Waals surface area (Å²) < 4.78 is 19.5. The fraction of sp³-hybridized carbons (Fsp3) is 0.294. The standard InChI is InChI=1S/C17H19BrFNO/c1-3-10-20-12(2)13-4-9-17(16(18)11-13)21-15-7-5-14(19)6-8-15/h4-9,11-12,20H,3,10H2,1-2H3. The van der Waals surface area contributed by atoms with Gasteiger partial charge in [-0.2, -0.15) is 0 Å². The molecule has 1 unspecified atom stereocenters. The van der Waals surface area contributed by atoms with Gasteiger partial charge in [-0.25, -0.2) is 4.39 Å². The van der Waals surface area contributed by atoms with E-state index in [-0.39, 0.29) is 5.82 Å². The van der Waals surface area contributed by atoms with Gasteiger partial charge in [-0.15, -0.1) is 0 Å². The summed E-state index contributed by atoms with van der Waals surface area (Å²) in [6.45, 7) is 5.28. The van der Waals surface area contributed by atoms with Gasteiger partial charge in [0.1, 0.15) is 17.3 Å². The molecule has 0 radical (unpaired) electrons. The van der Waals surface area contributed by atoms with Crippen LogP contribution in [0.2, 0.25) is 0 Å². The van der Waals surface area contributed by atoms with Gasteiger partial charge in [0.2, 0.25) is 0 Å². The van der Waals surface area contributed by atoms with Gasteiger partial charge in [-0.3, -0.25) is 0 Å². The first-order valence-corrected chi connectivity index (χ1v) is 7.85. The molecule has 0 aliphatic rings. The van der Waals surface area contributed by atoms with Crippen LogP contribution in [-0.4, -0.2) is 6.54 Å². The summed E-state index contributed by atoms with van der Waals surface area (Å²) in [6, 6.07) is 12.3. The number of hydrogen-bond acceptors (Lipinski definition) is 2. The quantitative estimate of drug-likeness (QED) is 0.747. The number of nitrogens with one attached hydrogen (secondary N) is 1. The van der Waals surface area contributed by atoms with Gasteiger partial charge < -0.3 is 10.1 Å². The predicted octanol–water partition coefficient (Wildman–Crippen LogP) is 5.44. The van der Waals surface area contributed by atoms with Crippen molar-refractivity contribution in [1.82, 2.24) is 5.32 Å². The van der Waals surface area contributed by atoms with E-state index in [0.717, 1.165) is 17.4 Å². The molecule has 0 bridgehead atoms. The lowest BCUT2D eigenvalue weighted by Gasteiger charge is -2.15. The van der Waals surface area contributed by atoms with Crippen molar-refractivity contribution in [2.24, 2.45) is 0 Å².